The molecule has 0 aliphatic carbocycles. The molecule has 10 nitrogen and oxygen atoms in total. The average Bonchev–Trinajstić information content (AvgIpc) is 3.32. The summed E-state index contributed by atoms with van der Waals surface area (Å²) in [5, 5.41) is -0.329. The zero-order valence-electron chi connectivity index (χ0n) is 20.5. The van der Waals surface area contributed by atoms with Crippen molar-refractivity contribution in [3.63, 3.8) is 0 Å². The molecular formula is C25H30N6O4S. The molecule has 1 unspecified atom stereocenters. The summed E-state index contributed by atoms with van der Waals surface area (Å²) in [5.74, 6) is 0.204. The summed E-state index contributed by atoms with van der Waals surface area (Å²) in [6.07, 6.45) is 4.48. The van der Waals surface area contributed by atoms with Crippen LogP contribution < -0.4 is 20.1 Å². The van der Waals surface area contributed by atoms with Crippen LogP contribution in [0.3, 0.4) is 0 Å². The molecule has 36 heavy (non-hydrogen) atoms. The van der Waals surface area contributed by atoms with Gasteiger partial charge in [-0.05, 0) is 63.4 Å². The van der Waals surface area contributed by atoms with Crippen molar-refractivity contribution < 1.29 is 17.9 Å². The molecule has 11 heteroatoms. The first-order valence-corrected chi connectivity index (χ1v) is 13.4. The van der Waals surface area contributed by atoms with E-state index in [1.54, 1.807) is 24.4 Å². The number of rotatable bonds is 8. The number of nitrogen functional groups attached to an aromatic ring is 1. The summed E-state index contributed by atoms with van der Waals surface area (Å²) in [6.45, 7) is 6.66. The number of nitrogens with two attached hydrogens (primary N) is 1. The van der Waals surface area contributed by atoms with Crippen molar-refractivity contribution in [2.75, 3.05) is 17.2 Å². The van der Waals surface area contributed by atoms with Crippen LogP contribution in [0.5, 0.6) is 5.88 Å². The van der Waals surface area contributed by atoms with Gasteiger partial charge in [0.2, 0.25) is 5.88 Å². The van der Waals surface area contributed by atoms with Crippen LogP contribution in [0.2, 0.25) is 0 Å². The highest BCUT2D eigenvalue weighted by molar-refractivity contribution is 7.90. The van der Waals surface area contributed by atoms with E-state index in [-0.39, 0.29) is 28.6 Å². The van der Waals surface area contributed by atoms with Gasteiger partial charge in [-0.25, -0.2) is 19.7 Å². The number of sulfonamides is 1. The summed E-state index contributed by atoms with van der Waals surface area (Å²) in [6, 6.07) is 11.3. The topological polar surface area (TPSA) is 140 Å². The van der Waals surface area contributed by atoms with Gasteiger partial charge in [0, 0.05) is 30.4 Å². The number of anilines is 2. The van der Waals surface area contributed by atoms with Crippen molar-refractivity contribution in [3.8, 4) is 17.1 Å². The van der Waals surface area contributed by atoms with Crippen molar-refractivity contribution in [3.05, 3.63) is 54.2 Å². The standard InChI is InChI=1S/C25H30N6O4S/c1-4-18-7-6-14-31(18)24-19(25(32)30-36(33,34)23-9-5-8-21(26)29-23)11-12-20(28-24)17-10-13-22(27-15-17)35-16(2)3/h5,8-13,15-16,18H,4,6-7,14H2,1-3H3,(H2,26,29)(H,30,32). The molecule has 190 valence electrons. The van der Waals surface area contributed by atoms with E-state index in [0.29, 0.717) is 17.4 Å². The number of amides is 1. The Balaban J connectivity index is 1.70. The molecule has 1 amide bonds. The largest absolute Gasteiger partial charge is 0.475 e. The van der Waals surface area contributed by atoms with Crippen molar-refractivity contribution in [2.45, 2.75) is 57.2 Å². The molecular weight excluding hydrogens is 480 g/mol. The van der Waals surface area contributed by atoms with Gasteiger partial charge < -0.3 is 15.4 Å². The minimum Gasteiger partial charge on any atom is -0.475 e. The Morgan fingerprint density at radius 1 is 1.19 bits per heavy atom. The highest BCUT2D eigenvalue weighted by Crippen LogP contribution is 2.31. The van der Waals surface area contributed by atoms with Crippen molar-refractivity contribution in [2.24, 2.45) is 0 Å². The first-order chi connectivity index (χ1) is 17.2. The Hall–Kier alpha value is -3.73. The molecule has 1 atom stereocenters. The molecule has 0 spiro atoms. The molecule has 3 N–H and O–H groups in total. The fourth-order valence-corrected chi connectivity index (χ4v) is 5.14. The van der Waals surface area contributed by atoms with Gasteiger partial charge in [0.05, 0.1) is 17.4 Å². The second kappa shape index (κ2) is 10.5. The number of carbonyl (C=O) groups is 1. The molecule has 4 rings (SSSR count). The number of ether oxygens (including phenoxy) is 1. The number of carbonyl (C=O) groups excluding carboxylic acids is 1. The predicted octanol–water partition coefficient (Wildman–Crippen LogP) is 3.41. The van der Waals surface area contributed by atoms with Gasteiger partial charge in [0.15, 0.2) is 5.03 Å². The minimum absolute atomic E-state index is 0.00539. The Morgan fingerprint density at radius 3 is 2.67 bits per heavy atom. The molecule has 0 bridgehead atoms. The third-order valence-electron chi connectivity index (χ3n) is 5.88. The van der Waals surface area contributed by atoms with E-state index in [1.807, 2.05) is 19.9 Å². The van der Waals surface area contributed by atoms with E-state index in [0.717, 1.165) is 31.4 Å². The molecule has 1 saturated heterocycles. The van der Waals surface area contributed by atoms with Crippen molar-refractivity contribution in [1.29, 1.82) is 0 Å². The SMILES string of the molecule is CCC1CCCN1c1nc(-c2ccc(OC(C)C)nc2)ccc1C(=O)NS(=O)(=O)c1cccc(N)n1. The summed E-state index contributed by atoms with van der Waals surface area (Å²) in [7, 11) is -4.23. The van der Waals surface area contributed by atoms with E-state index in [1.165, 1.54) is 18.2 Å². The molecule has 1 fully saturated rings. The summed E-state index contributed by atoms with van der Waals surface area (Å²) < 4.78 is 33.4. The fraction of sp³-hybridized carbons (Fsp3) is 0.360. The second-order valence-electron chi connectivity index (χ2n) is 8.85. The lowest BCUT2D eigenvalue weighted by molar-refractivity contribution is 0.0981. The van der Waals surface area contributed by atoms with E-state index >= 15 is 0 Å². The van der Waals surface area contributed by atoms with E-state index in [4.69, 9.17) is 15.5 Å². The summed E-state index contributed by atoms with van der Waals surface area (Å²) >= 11 is 0. The molecule has 0 saturated carbocycles. The van der Waals surface area contributed by atoms with Gasteiger partial charge in [-0.2, -0.15) is 8.42 Å². The van der Waals surface area contributed by atoms with Crippen LogP contribution in [-0.4, -0.2) is 48.0 Å². The molecule has 1 aliphatic rings. The zero-order chi connectivity index (χ0) is 25.9. The highest BCUT2D eigenvalue weighted by Gasteiger charge is 2.30. The lowest BCUT2D eigenvalue weighted by Crippen LogP contribution is -2.35. The Morgan fingerprint density at radius 2 is 2.00 bits per heavy atom. The maximum atomic E-state index is 13.2. The van der Waals surface area contributed by atoms with Crippen LogP contribution >= 0.6 is 0 Å². The molecule has 1 aliphatic heterocycles. The lowest BCUT2D eigenvalue weighted by atomic mass is 10.1. The summed E-state index contributed by atoms with van der Waals surface area (Å²) in [4.78, 5) is 28.3. The van der Waals surface area contributed by atoms with Crippen molar-refractivity contribution >= 4 is 27.6 Å². The van der Waals surface area contributed by atoms with Crippen LogP contribution in [0.25, 0.3) is 11.3 Å². The third-order valence-corrected chi connectivity index (χ3v) is 7.11. The van der Waals surface area contributed by atoms with Crippen LogP contribution in [-0.2, 0) is 10.0 Å². The molecule has 0 radical (unpaired) electrons. The van der Waals surface area contributed by atoms with Gasteiger partial charge in [0.25, 0.3) is 15.9 Å². The minimum atomic E-state index is -4.23. The van der Waals surface area contributed by atoms with Gasteiger partial charge in [-0.3, -0.25) is 4.79 Å². The number of pyridine rings is 3. The smallest absolute Gasteiger partial charge is 0.281 e. The molecule has 3 aromatic rings. The maximum Gasteiger partial charge on any atom is 0.281 e. The monoisotopic (exact) mass is 510 g/mol. The first kappa shape index (κ1) is 25.4. The van der Waals surface area contributed by atoms with Gasteiger partial charge >= 0.3 is 0 Å². The maximum absolute atomic E-state index is 13.2. The van der Waals surface area contributed by atoms with E-state index in [9.17, 15) is 13.2 Å². The number of nitrogens with one attached hydrogen (secondary N) is 1. The normalized spacial score (nSPS) is 15.8. The predicted molar refractivity (Wildman–Crippen MR) is 137 cm³/mol. The van der Waals surface area contributed by atoms with Crippen molar-refractivity contribution in [1.82, 2.24) is 19.7 Å². The number of hydrogen-bond donors (Lipinski definition) is 2. The van der Waals surface area contributed by atoms with E-state index < -0.39 is 15.9 Å². The molecule has 4 heterocycles. The Bertz CT molecular complexity index is 1340. The second-order valence-corrected chi connectivity index (χ2v) is 10.5. The number of nitrogens with zero attached hydrogens (tertiary/aromatic N) is 4. The van der Waals surface area contributed by atoms with E-state index in [2.05, 4.69) is 26.5 Å². The van der Waals surface area contributed by atoms with Crippen LogP contribution in [0.15, 0.2) is 53.7 Å². The quantitative estimate of drug-likeness (QED) is 0.466. The Kier molecular flexibility index (Phi) is 7.39. The van der Waals surface area contributed by atoms with Crippen LogP contribution in [0.4, 0.5) is 11.6 Å². The highest BCUT2D eigenvalue weighted by atomic mass is 32.2. The third kappa shape index (κ3) is 5.56. The average molecular weight is 511 g/mol. The summed E-state index contributed by atoms with van der Waals surface area (Å²) in [5.41, 5.74) is 7.16. The van der Waals surface area contributed by atoms with Gasteiger partial charge in [0.1, 0.15) is 11.6 Å². The first-order valence-electron chi connectivity index (χ1n) is 11.9. The molecule has 3 aromatic heterocycles. The van der Waals surface area contributed by atoms with Gasteiger partial charge in [-0.15, -0.1) is 0 Å². The lowest BCUT2D eigenvalue weighted by Gasteiger charge is -2.27. The fourth-order valence-electron chi connectivity index (χ4n) is 4.20. The number of aromatic nitrogens is 3. The van der Waals surface area contributed by atoms with Gasteiger partial charge in [-0.1, -0.05) is 13.0 Å². The van der Waals surface area contributed by atoms with Crippen LogP contribution in [0.1, 0.15) is 50.4 Å². The number of hydrogen-bond acceptors (Lipinski definition) is 9. The zero-order valence-corrected chi connectivity index (χ0v) is 21.3. The molecule has 0 aromatic carbocycles. The van der Waals surface area contributed by atoms with Crippen LogP contribution in [0, 0.1) is 0 Å². The Labute approximate surface area is 211 Å².